The Hall–Kier alpha value is -6.58. The highest BCUT2D eigenvalue weighted by molar-refractivity contribution is 5.91. The molecule has 1 aliphatic rings. The minimum atomic E-state index is 1.09. The maximum atomic E-state index is 2.41. The summed E-state index contributed by atoms with van der Waals surface area (Å²) in [5, 5.41) is 1.36. The Labute approximate surface area is 299 Å². The molecule has 8 aromatic rings. The third-order valence-electron chi connectivity index (χ3n) is 9.85. The summed E-state index contributed by atoms with van der Waals surface area (Å²) < 4.78 is 2.41. The van der Waals surface area contributed by atoms with Gasteiger partial charge in [0.2, 0.25) is 0 Å². The zero-order valence-corrected chi connectivity index (χ0v) is 28.3. The van der Waals surface area contributed by atoms with Crippen LogP contribution < -0.4 is 9.80 Å². The number of rotatable bonds is 8. The predicted molar refractivity (Wildman–Crippen MR) is 215 cm³/mol. The van der Waals surface area contributed by atoms with E-state index in [0.717, 1.165) is 47.0 Å². The maximum Gasteiger partial charge on any atom is 0.0537 e. The van der Waals surface area contributed by atoms with Crippen molar-refractivity contribution in [2.45, 2.75) is 12.8 Å². The summed E-state index contributed by atoms with van der Waals surface area (Å²) in [6, 6.07) is 67.2. The van der Waals surface area contributed by atoms with Crippen LogP contribution in [0, 0.1) is 0 Å². The molecule has 1 aliphatic carbocycles. The van der Waals surface area contributed by atoms with Crippen molar-refractivity contribution in [3.8, 4) is 16.8 Å². The monoisotopic (exact) mass is 655 g/mol. The lowest BCUT2D eigenvalue weighted by molar-refractivity contribution is 0.967. The van der Waals surface area contributed by atoms with Crippen molar-refractivity contribution in [1.82, 2.24) is 4.57 Å². The average Bonchev–Trinajstić information content (AvgIpc) is 3.55. The first-order valence-corrected chi connectivity index (χ1v) is 17.7. The fourth-order valence-corrected chi connectivity index (χ4v) is 7.45. The van der Waals surface area contributed by atoms with E-state index in [1.807, 2.05) is 0 Å². The van der Waals surface area contributed by atoms with Gasteiger partial charge in [-0.15, -0.1) is 0 Å². The van der Waals surface area contributed by atoms with Gasteiger partial charge >= 0.3 is 0 Å². The van der Waals surface area contributed by atoms with Gasteiger partial charge in [0.25, 0.3) is 0 Å². The summed E-state index contributed by atoms with van der Waals surface area (Å²) in [5.41, 5.74) is 14.3. The molecule has 0 atom stereocenters. The van der Waals surface area contributed by atoms with E-state index in [-0.39, 0.29) is 0 Å². The Morgan fingerprint density at radius 2 is 0.804 bits per heavy atom. The lowest BCUT2D eigenvalue weighted by Crippen LogP contribution is -2.12. The van der Waals surface area contributed by atoms with Gasteiger partial charge in [0, 0.05) is 50.9 Å². The van der Waals surface area contributed by atoms with E-state index in [9.17, 15) is 0 Å². The molecule has 9 rings (SSSR count). The molecule has 244 valence electrons. The van der Waals surface area contributed by atoms with Crippen molar-refractivity contribution in [3.05, 3.63) is 205 Å². The van der Waals surface area contributed by atoms with Gasteiger partial charge in [0.15, 0.2) is 0 Å². The van der Waals surface area contributed by atoms with E-state index in [1.54, 1.807) is 0 Å². The second-order valence-electron chi connectivity index (χ2n) is 12.9. The van der Waals surface area contributed by atoms with Crippen molar-refractivity contribution in [1.29, 1.82) is 0 Å². The van der Waals surface area contributed by atoms with E-state index < -0.39 is 0 Å². The van der Waals surface area contributed by atoms with Crippen LogP contribution in [0.2, 0.25) is 0 Å². The van der Waals surface area contributed by atoms with Gasteiger partial charge in [-0.25, -0.2) is 0 Å². The number of aryl methyl sites for hydroxylation is 1. The van der Waals surface area contributed by atoms with Gasteiger partial charge in [-0.05, 0) is 127 Å². The fourth-order valence-electron chi connectivity index (χ4n) is 7.45. The number of nitrogens with zero attached hydrogens (tertiary/aromatic N) is 3. The van der Waals surface area contributed by atoms with Crippen LogP contribution in [0.1, 0.15) is 17.7 Å². The molecule has 3 heteroatoms. The smallest absolute Gasteiger partial charge is 0.0537 e. The van der Waals surface area contributed by atoms with Crippen molar-refractivity contribution < 1.29 is 0 Å². The molecule has 0 N–H and O–H groups in total. The molecule has 0 amide bonds. The highest BCUT2D eigenvalue weighted by Crippen LogP contribution is 2.40. The first kappa shape index (κ1) is 30.5. The summed E-state index contributed by atoms with van der Waals surface area (Å²) in [7, 11) is 0. The number of para-hydroxylation sites is 4. The van der Waals surface area contributed by atoms with Gasteiger partial charge < -0.3 is 14.4 Å². The molecule has 0 saturated heterocycles. The first-order valence-electron chi connectivity index (χ1n) is 17.7. The van der Waals surface area contributed by atoms with E-state index in [2.05, 4.69) is 215 Å². The molecule has 7 aromatic carbocycles. The molecule has 1 heterocycles. The van der Waals surface area contributed by atoms with Crippen molar-refractivity contribution in [2.75, 3.05) is 9.80 Å². The molecule has 51 heavy (non-hydrogen) atoms. The van der Waals surface area contributed by atoms with E-state index in [1.165, 1.54) is 39.0 Å². The molecule has 3 nitrogen and oxygen atoms in total. The van der Waals surface area contributed by atoms with Crippen molar-refractivity contribution >= 4 is 51.1 Å². The molecule has 0 fully saturated rings. The number of hydrogen-bond donors (Lipinski definition) is 0. The Kier molecular flexibility index (Phi) is 7.99. The Bertz CT molecular complexity index is 2390. The normalized spacial score (nSPS) is 12.1. The highest BCUT2D eigenvalue weighted by Gasteiger charge is 2.19. The first-order chi connectivity index (χ1) is 25.3. The van der Waals surface area contributed by atoms with Crippen LogP contribution >= 0.6 is 0 Å². The molecular formula is C48H37N3. The summed E-state index contributed by atoms with van der Waals surface area (Å²) in [6.07, 6.45) is 6.78. The maximum absolute atomic E-state index is 2.41. The van der Waals surface area contributed by atoms with Crippen LogP contribution in [0.25, 0.3) is 33.8 Å². The molecule has 0 aliphatic heterocycles. The SMILES string of the molecule is C1=Cc2c(c3ccccc3n2-c2ccc(-c3ccc(N(c4ccccc4)c4ccc(N(c5ccccc5)c5ccccc5)cc4)cc3)cc2)CC1. The number of aromatic nitrogens is 1. The average molecular weight is 656 g/mol. The predicted octanol–water partition coefficient (Wildman–Crippen LogP) is 13.2. The number of benzene rings is 7. The molecule has 0 bridgehead atoms. The van der Waals surface area contributed by atoms with Gasteiger partial charge in [-0.3, -0.25) is 0 Å². The van der Waals surface area contributed by atoms with Crippen LogP contribution in [-0.4, -0.2) is 4.57 Å². The number of allylic oxidation sites excluding steroid dienone is 1. The zero-order valence-electron chi connectivity index (χ0n) is 28.3. The van der Waals surface area contributed by atoms with Crippen LogP contribution in [0.15, 0.2) is 194 Å². The second-order valence-corrected chi connectivity index (χ2v) is 12.9. The van der Waals surface area contributed by atoms with E-state index >= 15 is 0 Å². The topological polar surface area (TPSA) is 11.4 Å². The fraction of sp³-hybridized carbons (Fsp3) is 0.0417. The third-order valence-corrected chi connectivity index (χ3v) is 9.85. The molecular weight excluding hydrogens is 619 g/mol. The summed E-state index contributed by atoms with van der Waals surface area (Å²) >= 11 is 0. The van der Waals surface area contributed by atoms with E-state index in [0.29, 0.717) is 0 Å². The minimum absolute atomic E-state index is 1.09. The van der Waals surface area contributed by atoms with Crippen LogP contribution in [0.3, 0.4) is 0 Å². The lowest BCUT2D eigenvalue weighted by Gasteiger charge is -2.28. The molecule has 0 radical (unpaired) electrons. The molecule has 0 saturated carbocycles. The third kappa shape index (κ3) is 5.79. The van der Waals surface area contributed by atoms with Crippen LogP contribution in [0.4, 0.5) is 34.1 Å². The van der Waals surface area contributed by atoms with Crippen LogP contribution in [-0.2, 0) is 6.42 Å². The lowest BCUT2D eigenvalue weighted by atomic mass is 10.0. The Morgan fingerprint density at radius 1 is 0.392 bits per heavy atom. The zero-order chi connectivity index (χ0) is 34.0. The van der Waals surface area contributed by atoms with Gasteiger partial charge in [-0.2, -0.15) is 0 Å². The summed E-state index contributed by atoms with van der Waals surface area (Å²) in [6.45, 7) is 0. The molecule has 0 unspecified atom stereocenters. The van der Waals surface area contributed by atoms with E-state index in [4.69, 9.17) is 0 Å². The number of fused-ring (bicyclic) bond motifs is 3. The summed E-state index contributed by atoms with van der Waals surface area (Å²) in [4.78, 5) is 4.61. The number of anilines is 6. The molecule has 1 aromatic heterocycles. The van der Waals surface area contributed by atoms with Gasteiger partial charge in [0.05, 0.1) is 5.52 Å². The van der Waals surface area contributed by atoms with Gasteiger partial charge in [-0.1, -0.05) is 103 Å². The minimum Gasteiger partial charge on any atom is -0.311 e. The Morgan fingerprint density at radius 3 is 1.31 bits per heavy atom. The van der Waals surface area contributed by atoms with Crippen molar-refractivity contribution in [3.63, 3.8) is 0 Å². The molecule has 0 spiro atoms. The van der Waals surface area contributed by atoms with Crippen LogP contribution in [0.5, 0.6) is 0 Å². The van der Waals surface area contributed by atoms with Gasteiger partial charge in [0.1, 0.15) is 0 Å². The number of hydrogen-bond acceptors (Lipinski definition) is 2. The Balaban J connectivity index is 1.03. The quantitative estimate of drug-likeness (QED) is 0.161. The highest BCUT2D eigenvalue weighted by atomic mass is 15.2. The largest absolute Gasteiger partial charge is 0.311 e. The standard InChI is InChI=1S/C48H37N3/c1-4-14-38(15-5-1)49(39-16-6-2-7-17-39)42-32-34-43(35-33-42)50(40-18-8-3-9-19-40)41-28-24-36(25-29-41)37-26-30-44(31-27-37)51-47-22-12-10-20-45(47)46-21-11-13-23-48(46)51/h1-10,12-20,22-35H,11,21H2. The summed E-state index contributed by atoms with van der Waals surface area (Å²) in [5.74, 6) is 0. The van der Waals surface area contributed by atoms with Crippen molar-refractivity contribution in [2.24, 2.45) is 0 Å². The second kappa shape index (κ2) is 13.4.